The quantitative estimate of drug-likeness (QED) is 0.791. The average Bonchev–Trinajstić information content (AvgIpc) is 2.88. The molecule has 6 nitrogen and oxygen atoms in total. The van der Waals surface area contributed by atoms with E-state index in [-0.39, 0.29) is 11.5 Å². The SMILES string of the molecule is COCCCCc1c(C(=O)O)nnn1-c1ccc(F)cc1. The number of rotatable bonds is 7. The number of unbranched alkanes of at least 4 members (excludes halogenated alkanes) is 1. The molecule has 0 bridgehead atoms. The van der Waals surface area contributed by atoms with Gasteiger partial charge in [-0.2, -0.15) is 0 Å². The van der Waals surface area contributed by atoms with E-state index in [1.807, 2.05) is 0 Å². The third-order valence-corrected chi connectivity index (χ3v) is 3.05. The van der Waals surface area contributed by atoms with Crippen molar-refractivity contribution in [2.75, 3.05) is 13.7 Å². The van der Waals surface area contributed by atoms with Crippen LogP contribution in [0.1, 0.15) is 29.0 Å². The molecule has 0 radical (unpaired) electrons. The minimum absolute atomic E-state index is 0.0725. The number of aromatic carboxylic acids is 1. The molecule has 0 fully saturated rings. The van der Waals surface area contributed by atoms with Crippen LogP contribution in [0.2, 0.25) is 0 Å². The number of hydrogen-bond donors (Lipinski definition) is 1. The molecule has 2 rings (SSSR count). The van der Waals surface area contributed by atoms with E-state index >= 15 is 0 Å². The summed E-state index contributed by atoms with van der Waals surface area (Å²) < 4.78 is 19.4. The molecule has 0 aliphatic carbocycles. The highest BCUT2D eigenvalue weighted by Gasteiger charge is 2.19. The lowest BCUT2D eigenvalue weighted by Crippen LogP contribution is -2.07. The number of halogens is 1. The van der Waals surface area contributed by atoms with Crippen molar-refractivity contribution in [3.63, 3.8) is 0 Å². The molecule has 1 aromatic heterocycles. The van der Waals surface area contributed by atoms with Crippen molar-refractivity contribution >= 4 is 5.97 Å². The van der Waals surface area contributed by atoms with Gasteiger partial charge in [-0.3, -0.25) is 0 Å². The Bertz CT molecular complexity index is 610. The Morgan fingerprint density at radius 2 is 2.05 bits per heavy atom. The van der Waals surface area contributed by atoms with Crippen molar-refractivity contribution in [2.45, 2.75) is 19.3 Å². The zero-order valence-corrected chi connectivity index (χ0v) is 11.6. The predicted molar refractivity (Wildman–Crippen MR) is 73.1 cm³/mol. The minimum atomic E-state index is -1.12. The molecule has 1 heterocycles. The highest BCUT2D eigenvalue weighted by atomic mass is 19.1. The van der Waals surface area contributed by atoms with E-state index in [2.05, 4.69) is 10.3 Å². The van der Waals surface area contributed by atoms with Crippen LogP contribution in [-0.2, 0) is 11.2 Å². The molecule has 0 aliphatic rings. The lowest BCUT2D eigenvalue weighted by Gasteiger charge is -2.07. The van der Waals surface area contributed by atoms with E-state index in [4.69, 9.17) is 4.74 Å². The second kappa shape index (κ2) is 6.94. The smallest absolute Gasteiger partial charge is 0.358 e. The lowest BCUT2D eigenvalue weighted by molar-refractivity contribution is 0.0689. The van der Waals surface area contributed by atoms with Crippen LogP contribution in [0.5, 0.6) is 0 Å². The Labute approximate surface area is 121 Å². The maximum Gasteiger partial charge on any atom is 0.358 e. The standard InChI is InChI=1S/C14H16FN3O3/c1-21-9-3-2-4-12-13(14(19)20)16-17-18(12)11-7-5-10(15)6-8-11/h5-8H,2-4,9H2,1H3,(H,19,20). The zero-order valence-electron chi connectivity index (χ0n) is 11.6. The summed E-state index contributed by atoms with van der Waals surface area (Å²) in [5, 5.41) is 16.7. The summed E-state index contributed by atoms with van der Waals surface area (Å²) >= 11 is 0. The number of carboxylic acids is 1. The molecule has 1 aromatic carbocycles. The van der Waals surface area contributed by atoms with Crippen molar-refractivity contribution in [3.8, 4) is 5.69 Å². The van der Waals surface area contributed by atoms with Gasteiger partial charge in [-0.25, -0.2) is 13.9 Å². The molecule has 0 aliphatic heterocycles. The van der Waals surface area contributed by atoms with Crippen molar-refractivity contribution in [3.05, 3.63) is 41.5 Å². The van der Waals surface area contributed by atoms with Crippen LogP contribution in [0.3, 0.4) is 0 Å². The molecular formula is C14H16FN3O3. The van der Waals surface area contributed by atoms with Crippen molar-refractivity contribution in [2.24, 2.45) is 0 Å². The fourth-order valence-corrected chi connectivity index (χ4v) is 2.02. The number of methoxy groups -OCH3 is 1. The van der Waals surface area contributed by atoms with E-state index in [0.717, 1.165) is 12.8 Å². The number of aromatic nitrogens is 3. The molecule has 2 aromatic rings. The summed E-state index contributed by atoms with van der Waals surface area (Å²) in [6.07, 6.45) is 2.07. The van der Waals surface area contributed by atoms with Gasteiger partial charge in [-0.1, -0.05) is 5.21 Å². The van der Waals surface area contributed by atoms with Crippen LogP contribution in [-0.4, -0.2) is 39.8 Å². The third-order valence-electron chi connectivity index (χ3n) is 3.05. The van der Waals surface area contributed by atoms with Crippen molar-refractivity contribution in [1.82, 2.24) is 15.0 Å². The Hall–Kier alpha value is -2.28. The first kappa shape index (κ1) is 15.1. The molecule has 0 saturated carbocycles. The normalized spacial score (nSPS) is 10.8. The van der Waals surface area contributed by atoms with Gasteiger partial charge in [-0.05, 0) is 43.5 Å². The van der Waals surface area contributed by atoms with Gasteiger partial charge in [0.25, 0.3) is 0 Å². The molecule has 21 heavy (non-hydrogen) atoms. The van der Waals surface area contributed by atoms with E-state index in [1.54, 1.807) is 7.11 Å². The first-order chi connectivity index (χ1) is 10.1. The second-order valence-corrected chi connectivity index (χ2v) is 4.53. The number of carbonyl (C=O) groups is 1. The molecular weight excluding hydrogens is 277 g/mol. The van der Waals surface area contributed by atoms with Crippen LogP contribution in [0.15, 0.2) is 24.3 Å². The molecule has 0 spiro atoms. The molecule has 7 heteroatoms. The fourth-order valence-electron chi connectivity index (χ4n) is 2.02. The summed E-state index contributed by atoms with van der Waals surface area (Å²) in [7, 11) is 1.62. The molecule has 0 saturated heterocycles. The van der Waals surface area contributed by atoms with Crippen molar-refractivity contribution in [1.29, 1.82) is 0 Å². The number of benzene rings is 1. The van der Waals surface area contributed by atoms with Gasteiger partial charge in [-0.15, -0.1) is 5.10 Å². The van der Waals surface area contributed by atoms with Gasteiger partial charge < -0.3 is 9.84 Å². The summed E-state index contributed by atoms with van der Waals surface area (Å²) in [4.78, 5) is 11.2. The van der Waals surface area contributed by atoms with E-state index in [9.17, 15) is 14.3 Å². The van der Waals surface area contributed by atoms with Gasteiger partial charge >= 0.3 is 5.97 Å². The van der Waals surface area contributed by atoms with Crippen molar-refractivity contribution < 1.29 is 19.0 Å². The van der Waals surface area contributed by atoms with Gasteiger partial charge in [0.2, 0.25) is 0 Å². The van der Waals surface area contributed by atoms with E-state index in [1.165, 1.54) is 28.9 Å². The first-order valence-corrected chi connectivity index (χ1v) is 6.56. The number of hydrogen-bond acceptors (Lipinski definition) is 4. The molecule has 0 unspecified atom stereocenters. The molecule has 112 valence electrons. The topological polar surface area (TPSA) is 77.2 Å². The van der Waals surface area contributed by atoms with Crippen LogP contribution >= 0.6 is 0 Å². The van der Waals surface area contributed by atoms with Gasteiger partial charge in [0.15, 0.2) is 5.69 Å². The Morgan fingerprint density at radius 3 is 2.67 bits per heavy atom. The van der Waals surface area contributed by atoms with Gasteiger partial charge in [0.05, 0.1) is 11.4 Å². The number of ether oxygens (including phenoxy) is 1. The monoisotopic (exact) mass is 293 g/mol. The summed E-state index contributed by atoms with van der Waals surface area (Å²) in [5.41, 5.74) is 1.01. The van der Waals surface area contributed by atoms with Crippen LogP contribution in [0, 0.1) is 5.82 Å². The minimum Gasteiger partial charge on any atom is -0.476 e. The summed E-state index contributed by atoms with van der Waals surface area (Å²) in [6, 6.07) is 5.67. The summed E-state index contributed by atoms with van der Waals surface area (Å²) in [6.45, 7) is 0.612. The number of carboxylic acid groups (broad SMARTS) is 1. The Morgan fingerprint density at radius 1 is 1.33 bits per heavy atom. The van der Waals surface area contributed by atoms with Crippen LogP contribution in [0.4, 0.5) is 4.39 Å². The maximum atomic E-state index is 13.0. The number of nitrogens with zero attached hydrogens (tertiary/aromatic N) is 3. The van der Waals surface area contributed by atoms with E-state index < -0.39 is 5.97 Å². The highest BCUT2D eigenvalue weighted by Crippen LogP contribution is 2.16. The average molecular weight is 293 g/mol. The van der Waals surface area contributed by atoms with Crippen LogP contribution < -0.4 is 0 Å². The van der Waals surface area contributed by atoms with E-state index in [0.29, 0.717) is 24.4 Å². The fraction of sp³-hybridized carbons (Fsp3) is 0.357. The second-order valence-electron chi connectivity index (χ2n) is 4.53. The third kappa shape index (κ3) is 3.63. The summed E-state index contributed by atoms with van der Waals surface area (Å²) in [5.74, 6) is -1.48. The van der Waals surface area contributed by atoms with Gasteiger partial charge in [0.1, 0.15) is 5.82 Å². The highest BCUT2D eigenvalue weighted by molar-refractivity contribution is 5.86. The predicted octanol–water partition coefficient (Wildman–Crippen LogP) is 2.07. The van der Waals surface area contributed by atoms with Crippen LogP contribution in [0.25, 0.3) is 5.69 Å². The first-order valence-electron chi connectivity index (χ1n) is 6.56. The lowest BCUT2D eigenvalue weighted by atomic mass is 10.1. The zero-order chi connectivity index (χ0) is 15.2. The Balaban J connectivity index is 2.28. The molecule has 0 atom stereocenters. The maximum absolute atomic E-state index is 13.0. The largest absolute Gasteiger partial charge is 0.476 e. The molecule has 0 amide bonds. The van der Waals surface area contributed by atoms with Gasteiger partial charge in [0, 0.05) is 13.7 Å². The Kier molecular flexibility index (Phi) is 4.99. The molecule has 1 N–H and O–H groups in total.